The Morgan fingerprint density at radius 1 is 1.50 bits per heavy atom. The molecule has 1 aromatic heterocycles. The monoisotopic (exact) mass is 275 g/mol. The Balaban J connectivity index is 2.09. The van der Waals surface area contributed by atoms with Crippen LogP contribution in [0.25, 0.3) is 0 Å². The fraction of sp³-hybridized carbons (Fsp3) is 0.308. The standard InChI is InChI=1S/C13H17N5O2/c1-3-18-8-16-17-12(18)7-15-13(19)10-6-9(20-2)4-5-11(10)14/h4-6,8H,3,7,14H2,1-2H3,(H,15,19). The van der Waals surface area contributed by atoms with Crippen molar-refractivity contribution < 1.29 is 9.53 Å². The van der Waals surface area contributed by atoms with Crippen LogP contribution in [0.2, 0.25) is 0 Å². The molecule has 1 aromatic carbocycles. The highest BCUT2D eigenvalue weighted by Crippen LogP contribution is 2.19. The first kappa shape index (κ1) is 13.9. The fourth-order valence-corrected chi connectivity index (χ4v) is 1.79. The van der Waals surface area contributed by atoms with Gasteiger partial charge in [0.2, 0.25) is 0 Å². The van der Waals surface area contributed by atoms with E-state index in [1.165, 1.54) is 7.11 Å². The molecule has 0 fully saturated rings. The van der Waals surface area contributed by atoms with Gasteiger partial charge in [-0.3, -0.25) is 4.79 Å². The topological polar surface area (TPSA) is 95.1 Å². The summed E-state index contributed by atoms with van der Waals surface area (Å²) < 4.78 is 6.94. The van der Waals surface area contributed by atoms with Gasteiger partial charge >= 0.3 is 0 Å². The number of anilines is 1. The van der Waals surface area contributed by atoms with Crippen LogP contribution in [0.15, 0.2) is 24.5 Å². The molecular weight excluding hydrogens is 258 g/mol. The lowest BCUT2D eigenvalue weighted by Crippen LogP contribution is -2.25. The summed E-state index contributed by atoms with van der Waals surface area (Å²) in [7, 11) is 1.54. The predicted octanol–water partition coefficient (Wildman–Crippen LogP) is 0.819. The summed E-state index contributed by atoms with van der Waals surface area (Å²) in [6.07, 6.45) is 1.63. The molecule has 1 heterocycles. The highest BCUT2D eigenvalue weighted by atomic mass is 16.5. The van der Waals surface area contributed by atoms with Crippen molar-refractivity contribution in [3.63, 3.8) is 0 Å². The van der Waals surface area contributed by atoms with E-state index in [1.54, 1.807) is 24.5 Å². The number of carbonyl (C=O) groups is 1. The molecule has 106 valence electrons. The molecule has 0 aliphatic rings. The number of nitrogens with two attached hydrogens (primary N) is 1. The van der Waals surface area contributed by atoms with E-state index in [-0.39, 0.29) is 5.91 Å². The number of hydrogen-bond donors (Lipinski definition) is 2. The second-order valence-electron chi connectivity index (χ2n) is 4.17. The van der Waals surface area contributed by atoms with E-state index in [0.717, 1.165) is 6.54 Å². The van der Waals surface area contributed by atoms with Crippen molar-refractivity contribution in [2.24, 2.45) is 0 Å². The van der Waals surface area contributed by atoms with Crippen LogP contribution in [0.3, 0.4) is 0 Å². The molecule has 0 aliphatic carbocycles. The molecule has 0 radical (unpaired) electrons. The Morgan fingerprint density at radius 2 is 2.30 bits per heavy atom. The van der Waals surface area contributed by atoms with Crippen molar-refractivity contribution in [1.29, 1.82) is 0 Å². The van der Waals surface area contributed by atoms with Gasteiger partial charge in [0, 0.05) is 12.2 Å². The molecule has 0 atom stereocenters. The highest BCUT2D eigenvalue weighted by Gasteiger charge is 2.12. The lowest BCUT2D eigenvalue weighted by Gasteiger charge is -2.09. The van der Waals surface area contributed by atoms with E-state index >= 15 is 0 Å². The van der Waals surface area contributed by atoms with Gasteiger partial charge in [-0.15, -0.1) is 10.2 Å². The molecule has 7 heteroatoms. The highest BCUT2D eigenvalue weighted by molar-refractivity contribution is 5.99. The Hall–Kier alpha value is -2.57. The van der Waals surface area contributed by atoms with E-state index in [4.69, 9.17) is 10.5 Å². The minimum Gasteiger partial charge on any atom is -0.497 e. The zero-order valence-corrected chi connectivity index (χ0v) is 11.5. The van der Waals surface area contributed by atoms with Crippen LogP contribution in [0.4, 0.5) is 5.69 Å². The van der Waals surface area contributed by atoms with Gasteiger partial charge in [-0.1, -0.05) is 0 Å². The first-order valence-corrected chi connectivity index (χ1v) is 6.24. The lowest BCUT2D eigenvalue weighted by atomic mass is 10.1. The molecular formula is C13H17N5O2. The third-order valence-electron chi connectivity index (χ3n) is 2.95. The quantitative estimate of drug-likeness (QED) is 0.788. The molecule has 7 nitrogen and oxygen atoms in total. The van der Waals surface area contributed by atoms with Gasteiger partial charge in [0.25, 0.3) is 5.91 Å². The van der Waals surface area contributed by atoms with E-state index in [9.17, 15) is 4.79 Å². The van der Waals surface area contributed by atoms with Crippen molar-refractivity contribution in [2.75, 3.05) is 12.8 Å². The number of amides is 1. The molecule has 1 amide bonds. The molecule has 0 unspecified atom stereocenters. The largest absolute Gasteiger partial charge is 0.497 e. The van der Waals surface area contributed by atoms with Crippen LogP contribution >= 0.6 is 0 Å². The first-order valence-electron chi connectivity index (χ1n) is 6.24. The smallest absolute Gasteiger partial charge is 0.253 e. The predicted molar refractivity (Wildman–Crippen MR) is 74.3 cm³/mol. The summed E-state index contributed by atoms with van der Waals surface area (Å²) in [5.74, 6) is 1.01. The molecule has 0 saturated carbocycles. The van der Waals surface area contributed by atoms with Crippen molar-refractivity contribution in [1.82, 2.24) is 20.1 Å². The van der Waals surface area contributed by atoms with Crippen LogP contribution in [-0.2, 0) is 13.1 Å². The third kappa shape index (κ3) is 2.87. The van der Waals surface area contributed by atoms with Crippen molar-refractivity contribution >= 4 is 11.6 Å². The number of nitrogen functional groups attached to an aromatic ring is 1. The van der Waals surface area contributed by atoms with E-state index in [2.05, 4.69) is 15.5 Å². The number of aryl methyl sites for hydroxylation is 1. The molecule has 3 N–H and O–H groups in total. The van der Waals surface area contributed by atoms with Crippen LogP contribution in [0.1, 0.15) is 23.1 Å². The van der Waals surface area contributed by atoms with Crippen molar-refractivity contribution in [2.45, 2.75) is 20.0 Å². The average Bonchev–Trinajstić information content (AvgIpc) is 2.92. The van der Waals surface area contributed by atoms with Gasteiger partial charge in [0.05, 0.1) is 19.2 Å². The number of carbonyl (C=O) groups excluding carboxylic acids is 1. The molecule has 2 rings (SSSR count). The second-order valence-corrected chi connectivity index (χ2v) is 4.17. The Bertz CT molecular complexity index is 609. The first-order chi connectivity index (χ1) is 9.65. The molecule has 0 saturated heterocycles. The number of rotatable bonds is 5. The zero-order valence-electron chi connectivity index (χ0n) is 11.5. The minimum absolute atomic E-state index is 0.271. The fourth-order valence-electron chi connectivity index (χ4n) is 1.79. The molecule has 20 heavy (non-hydrogen) atoms. The average molecular weight is 275 g/mol. The summed E-state index contributed by atoms with van der Waals surface area (Å²) in [6.45, 7) is 3.03. The number of nitrogens with one attached hydrogen (secondary N) is 1. The number of hydrogen-bond acceptors (Lipinski definition) is 5. The number of ether oxygens (including phenoxy) is 1. The molecule has 0 spiro atoms. The molecule has 2 aromatic rings. The van der Waals surface area contributed by atoms with E-state index in [1.807, 2.05) is 11.5 Å². The Kier molecular flexibility index (Phi) is 4.19. The maximum atomic E-state index is 12.1. The molecule has 0 aliphatic heterocycles. The Labute approximate surface area is 116 Å². The number of aromatic nitrogens is 3. The number of methoxy groups -OCH3 is 1. The van der Waals surface area contributed by atoms with Gasteiger partial charge < -0.3 is 20.4 Å². The maximum Gasteiger partial charge on any atom is 0.253 e. The van der Waals surface area contributed by atoms with E-state index in [0.29, 0.717) is 29.4 Å². The van der Waals surface area contributed by atoms with Crippen molar-refractivity contribution in [3.8, 4) is 5.75 Å². The summed E-state index contributed by atoms with van der Waals surface area (Å²) in [6, 6.07) is 4.96. The molecule has 0 bridgehead atoms. The van der Waals surface area contributed by atoms with Crippen LogP contribution in [0, 0.1) is 0 Å². The summed E-state index contributed by atoms with van der Waals surface area (Å²) in [5.41, 5.74) is 6.58. The van der Waals surface area contributed by atoms with Gasteiger partial charge in [-0.05, 0) is 25.1 Å². The van der Waals surface area contributed by atoms with Gasteiger partial charge in [0.1, 0.15) is 12.1 Å². The van der Waals surface area contributed by atoms with E-state index < -0.39 is 0 Å². The van der Waals surface area contributed by atoms with Gasteiger partial charge in [-0.25, -0.2) is 0 Å². The normalized spacial score (nSPS) is 10.3. The summed E-state index contributed by atoms with van der Waals surface area (Å²) >= 11 is 0. The van der Waals surface area contributed by atoms with Crippen LogP contribution in [-0.4, -0.2) is 27.8 Å². The van der Waals surface area contributed by atoms with Crippen LogP contribution < -0.4 is 15.8 Å². The van der Waals surface area contributed by atoms with Gasteiger partial charge in [-0.2, -0.15) is 0 Å². The van der Waals surface area contributed by atoms with Crippen LogP contribution in [0.5, 0.6) is 5.75 Å². The maximum absolute atomic E-state index is 12.1. The zero-order chi connectivity index (χ0) is 14.5. The Morgan fingerprint density at radius 3 is 3.00 bits per heavy atom. The summed E-state index contributed by atoms with van der Waals surface area (Å²) in [5, 5.41) is 10.5. The van der Waals surface area contributed by atoms with Gasteiger partial charge in [0.15, 0.2) is 5.82 Å². The summed E-state index contributed by atoms with van der Waals surface area (Å²) in [4.78, 5) is 12.1. The lowest BCUT2D eigenvalue weighted by molar-refractivity contribution is 0.0950. The third-order valence-corrected chi connectivity index (χ3v) is 2.95. The number of benzene rings is 1. The van der Waals surface area contributed by atoms with Crippen molar-refractivity contribution in [3.05, 3.63) is 35.9 Å². The number of nitrogens with zero attached hydrogens (tertiary/aromatic N) is 3. The minimum atomic E-state index is -0.271. The SMILES string of the molecule is CCn1cnnc1CNC(=O)c1cc(OC)ccc1N. The second kappa shape index (κ2) is 6.05.